The van der Waals surface area contributed by atoms with Gasteiger partial charge < -0.3 is 15.2 Å². The van der Waals surface area contributed by atoms with Crippen molar-refractivity contribution in [2.45, 2.75) is 52.2 Å². The van der Waals surface area contributed by atoms with Crippen molar-refractivity contribution in [2.24, 2.45) is 5.73 Å². The molecule has 1 amide bonds. The number of carbonyl (C=O) groups excluding carboxylic acids is 1. The smallest absolute Gasteiger partial charge is 0.240 e. The van der Waals surface area contributed by atoms with Crippen molar-refractivity contribution in [1.29, 1.82) is 0 Å². The van der Waals surface area contributed by atoms with E-state index in [4.69, 9.17) is 5.73 Å². The van der Waals surface area contributed by atoms with Crippen molar-refractivity contribution in [3.8, 4) is 0 Å². The number of rotatable bonds is 3. The summed E-state index contributed by atoms with van der Waals surface area (Å²) in [6, 6.07) is 4.01. The van der Waals surface area contributed by atoms with Crippen molar-refractivity contribution in [3.05, 3.63) is 23.5 Å². The van der Waals surface area contributed by atoms with E-state index in [0.29, 0.717) is 0 Å². The Morgan fingerprint density at radius 2 is 2.22 bits per heavy atom. The lowest BCUT2D eigenvalue weighted by Gasteiger charge is -2.36. The van der Waals surface area contributed by atoms with E-state index in [0.717, 1.165) is 25.9 Å². The Morgan fingerprint density at radius 3 is 2.89 bits per heavy atom. The monoisotopic (exact) mass is 249 g/mol. The second kappa shape index (κ2) is 5.14. The highest BCUT2D eigenvalue weighted by Crippen LogP contribution is 2.27. The van der Waals surface area contributed by atoms with Gasteiger partial charge in [-0.15, -0.1) is 0 Å². The van der Waals surface area contributed by atoms with Crippen LogP contribution in [0.3, 0.4) is 0 Å². The number of hydrogen-bond acceptors (Lipinski definition) is 2. The van der Waals surface area contributed by atoms with Crippen LogP contribution in [0.25, 0.3) is 0 Å². The van der Waals surface area contributed by atoms with Gasteiger partial charge >= 0.3 is 0 Å². The van der Waals surface area contributed by atoms with Crippen molar-refractivity contribution < 1.29 is 4.79 Å². The number of amides is 1. The van der Waals surface area contributed by atoms with Crippen LogP contribution in [0, 0.1) is 6.92 Å². The van der Waals surface area contributed by atoms with Gasteiger partial charge in [-0.2, -0.15) is 0 Å². The minimum Gasteiger partial charge on any atom is -0.345 e. The number of aryl methyl sites for hydroxylation is 1. The third-order valence-corrected chi connectivity index (χ3v) is 3.89. The Kier molecular flexibility index (Phi) is 3.76. The topological polar surface area (TPSA) is 51.3 Å². The van der Waals surface area contributed by atoms with Crippen molar-refractivity contribution in [2.75, 3.05) is 6.54 Å². The molecule has 0 spiro atoms. The molecule has 0 aromatic carbocycles. The van der Waals surface area contributed by atoms with Gasteiger partial charge in [-0.3, -0.25) is 4.79 Å². The summed E-state index contributed by atoms with van der Waals surface area (Å²) in [7, 11) is 0. The maximum Gasteiger partial charge on any atom is 0.240 e. The fourth-order valence-electron chi connectivity index (χ4n) is 2.77. The second-order valence-corrected chi connectivity index (χ2v) is 5.15. The quantitative estimate of drug-likeness (QED) is 0.888. The Morgan fingerprint density at radius 1 is 1.50 bits per heavy atom. The molecule has 100 valence electrons. The predicted octanol–water partition coefficient (Wildman–Crippen LogP) is 1.83. The van der Waals surface area contributed by atoms with Gasteiger partial charge in [0.25, 0.3) is 0 Å². The molecule has 1 aromatic heterocycles. The zero-order valence-corrected chi connectivity index (χ0v) is 11.5. The number of hydrogen-bond donors (Lipinski definition) is 1. The molecule has 2 rings (SSSR count). The molecule has 0 radical (unpaired) electrons. The fourth-order valence-corrected chi connectivity index (χ4v) is 2.77. The number of nitrogens with zero attached hydrogens (tertiary/aromatic N) is 2. The van der Waals surface area contributed by atoms with Crippen molar-refractivity contribution in [1.82, 2.24) is 9.47 Å². The van der Waals surface area contributed by atoms with Gasteiger partial charge in [0, 0.05) is 24.5 Å². The lowest BCUT2D eigenvalue weighted by molar-refractivity contribution is -0.136. The predicted molar refractivity (Wildman–Crippen MR) is 72.2 cm³/mol. The van der Waals surface area contributed by atoms with Gasteiger partial charge in [0.1, 0.15) is 0 Å². The summed E-state index contributed by atoms with van der Waals surface area (Å²) in [4.78, 5) is 14.2. The highest BCUT2D eigenvalue weighted by atomic mass is 16.2. The number of aromatic nitrogens is 1. The summed E-state index contributed by atoms with van der Waals surface area (Å²) < 4.78 is 2.29. The van der Waals surface area contributed by atoms with Crippen LogP contribution >= 0.6 is 0 Å². The Labute approximate surface area is 109 Å². The van der Waals surface area contributed by atoms with E-state index in [2.05, 4.69) is 37.5 Å². The molecule has 0 saturated heterocycles. The standard InChI is InChI=1S/C14H23N3O/c1-4-5-12(15)14(18)17-9-8-16-10(2)6-7-13(16)11(17)3/h6-7,11-12H,4-5,8-9,15H2,1-3H3/t11?,12-/m0/s1. The third-order valence-electron chi connectivity index (χ3n) is 3.89. The molecule has 1 aromatic rings. The minimum absolute atomic E-state index is 0.0921. The molecule has 1 aliphatic heterocycles. The van der Waals surface area contributed by atoms with Crippen LogP contribution < -0.4 is 5.73 Å². The van der Waals surface area contributed by atoms with Crippen LogP contribution in [-0.4, -0.2) is 28.0 Å². The van der Waals surface area contributed by atoms with E-state index >= 15 is 0 Å². The molecule has 2 N–H and O–H groups in total. The van der Waals surface area contributed by atoms with E-state index in [1.807, 2.05) is 4.90 Å². The molecular formula is C14H23N3O. The second-order valence-electron chi connectivity index (χ2n) is 5.15. The Bertz CT molecular complexity index is 438. The van der Waals surface area contributed by atoms with Crippen LogP contribution in [-0.2, 0) is 11.3 Å². The SMILES string of the molecule is CCC[C@H](N)C(=O)N1CCn2c(C)ccc2C1C. The van der Waals surface area contributed by atoms with Crippen LogP contribution in [0.2, 0.25) is 0 Å². The average Bonchev–Trinajstić information content (AvgIpc) is 2.72. The van der Waals surface area contributed by atoms with Crippen LogP contribution in [0.1, 0.15) is 44.1 Å². The summed E-state index contributed by atoms with van der Waals surface area (Å²) in [6.07, 6.45) is 1.71. The molecule has 0 aliphatic carbocycles. The van der Waals surface area contributed by atoms with E-state index in [1.54, 1.807) is 0 Å². The first kappa shape index (κ1) is 13.1. The molecule has 18 heavy (non-hydrogen) atoms. The van der Waals surface area contributed by atoms with E-state index < -0.39 is 0 Å². The lowest BCUT2D eigenvalue weighted by Crippen LogP contribution is -2.48. The van der Waals surface area contributed by atoms with Gasteiger partial charge in [-0.05, 0) is 32.4 Å². The van der Waals surface area contributed by atoms with E-state index in [1.165, 1.54) is 11.4 Å². The molecule has 4 heteroatoms. The fraction of sp³-hybridized carbons (Fsp3) is 0.643. The summed E-state index contributed by atoms with van der Waals surface area (Å²) in [5, 5.41) is 0. The van der Waals surface area contributed by atoms with Gasteiger partial charge in [0.2, 0.25) is 5.91 Å². The van der Waals surface area contributed by atoms with Crippen LogP contribution in [0.15, 0.2) is 12.1 Å². The molecule has 2 heterocycles. The maximum atomic E-state index is 12.3. The number of nitrogens with two attached hydrogens (primary N) is 1. The largest absolute Gasteiger partial charge is 0.345 e. The molecule has 0 saturated carbocycles. The molecule has 2 atom stereocenters. The first-order valence-electron chi connectivity index (χ1n) is 6.78. The zero-order chi connectivity index (χ0) is 13.3. The molecule has 4 nitrogen and oxygen atoms in total. The first-order chi connectivity index (χ1) is 8.56. The normalized spacial score (nSPS) is 20.7. The highest BCUT2D eigenvalue weighted by molar-refractivity contribution is 5.82. The Balaban J connectivity index is 2.16. The van der Waals surface area contributed by atoms with Gasteiger partial charge in [-0.1, -0.05) is 13.3 Å². The number of carbonyl (C=O) groups is 1. The van der Waals surface area contributed by atoms with Crippen molar-refractivity contribution in [3.63, 3.8) is 0 Å². The molecular weight excluding hydrogens is 226 g/mol. The van der Waals surface area contributed by atoms with Gasteiger partial charge in [-0.25, -0.2) is 0 Å². The van der Waals surface area contributed by atoms with Crippen LogP contribution in [0.4, 0.5) is 0 Å². The molecule has 0 bridgehead atoms. The van der Waals surface area contributed by atoms with Crippen molar-refractivity contribution >= 4 is 5.91 Å². The lowest BCUT2D eigenvalue weighted by atomic mass is 10.1. The average molecular weight is 249 g/mol. The minimum atomic E-state index is -0.347. The van der Waals surface area contributed by atoms with E-state index in [-0.39, 0.29) is 18.0 Å². The van der Waals surface area contributed by atoms with Gasteiger partial charge in [0.15, 0.2) is 0 Å². The maximum absolute atomic E-state index is 12.3. The van der Waals surface area contributed by atoms with Gasteiger partial charge in [0.05, 0.1) is 12.1 Å². The van der Waals surface area contributed by atoms with Crippen LogP contribution in [0.5, 0.6) is 0 Å². The summed E-state index contributed by atoms with van der Waals surface area (Å²) in [6.45, 7) is 7.89. The molecule has 1 unspecified atom stereocenters. The van der Waals surface area contributed by atoms with E-state index in [9.17, 15) is 4.79 Å². The highest BCUT2D eigenvalue weighted by Gasteiger charge is 2.30. The first-order valence-corrected chi connectivity index (χ1v) is 6.78. The zero-order valence-electron chi connectivity index (χ0n) is 11.5. The third kappa shape index (κ3) is 2.17. The summed E-state index contributed by atoms with van der Waals surface area (Å²) in [5.74, 6) is 0.0921. The molecule has 1 aliphatic rings. The summed E-state index contributed by atoms with van der Waals surface area (Å²) in [5.41, 5.74) is 8.43. The number of fused-ring (bicyclic) bond motifs is 1. The Hall–Kier alpha value is -1.29. The summed E-state index contributed by atoms with van der Waals surface area (Å²) >= 11 is 0. The molecule has 0 fully saturated rings.